The van der Waals surface area contributed by atoms with Crippen molar-refractivity contribution in [3.8, 4) is 0 Å². The molecule has 7 heteroatoms. The van der Waals surface area contributed by atoms with Crippen LogP contribution in [0.15, 0.2) is 16.7 Å². The van der Waals surface area contributed by atoms with Crippen molar-refractivity contribution in [2.45, 2.75) is 19.3 Å². The van der Waals surface area contributed by atoms with Crippen LogP contribution in [-0.2, 0) is 0 Å². The second-order valence-corrected chi connectivity index (χ2v) is 5.46. The van der Waals surface area contributed by atoms with Crippen LogP contribution < -0.4 is 5.32 Å². The second-order valence-electron chi connectivity index (χ2n) is 4.61. The molecule has 1 aromatic rings. The van der Waals surface area contributed by atoms with Crippen molar-refractivity contribution >= 4 is 27.4 Å². The lowest BCUT2D eigenvalue weighted by Crippen LogP contribution is -2.17. The highest BCUT2D eigenvalue weighted by Gasteiger charge is 2.41. The van der Waals surface area contributed by atoms with Crippen molar-refractivity contribution < 1.29 is 10.0 Å². The molecule has 0 aromatic carbocycles. The van der Waals surface area contributed by atoms with Crippen molar-refractivity contribution in [1.82, 2.24) is 4.98 Å². The van der Waals surface area contributed by atoms with Gasteiger partial charge in [-0.1, -0.05) is 0 Å². The maximum atomic E-state index is 10.6. The number of halogens is 1. The van der Waals surface area contributed by atoms with Crippen molar-refractivity contribution in [2.75, 3.05) is 18.5 Å². The van der Waals surface area contributed by atoms with Gasteiger partial charge in [0.05, 0.1) is 9.40 Å². The van der Waals surface area contributed by atoms with E-state index in [0.29, 0.717) is 10.3 Å². The lowest BCUT2D eigenvalue weighted by Gasteiger charge is -2.15. The summed E-state index contributed by atoms with van der Waals surface area (Å²) in [6.07, 6.45) is 4.22. The molecule has 0 spiro atoms. The fourth-order valence-corrected chi connectivity index (χ4v) is 2.34. The van der Waals surface area contributed by atoms with Crippen LogP contribution in [0.5, 0.6) is 0 Å². The maximum Gasteiger partial charge on any atom is 0.288 e. The number of nitrogens with zero attached hydrogens (tertiary/aromatic N) is 2. The van der Waals surface area contributed by atoms with Gasteiger partial charge in [-0.15, -0.1) is 0 Å². The standard InChI is InChI=1S/C11H14BrN3O3/c12-9-5-8(15(17)18)6-13-10(9)14-7-11(1-2-11)3-4-16/h5-6,16H,1-4,7H2,(H,13,14). The van der Waals surface area contributed by atoms with E-state index >= 15 is 0 Å². The van der Waals surface area contributed by atoms with Crippen molar-refractivity contribution in [3.63, 3.8) is 0 Å². The highest BCUT2D eigenvalue weighted by molar-refractivity contribution is 9.10. The molecule has 2 rings (SSSR count). The van der Waals surface area contributed by atoms with Gasteiger partial charge in [0.2, 0.25) is 0 Å². The minimum Gasteiger partial charge on any atom is -0.396 e. The van der Waals surface area contributed by atoms with E-state index in [2.05, 4.69) is 26.2 Å². The number of anilines is 1. The first-order valence-corrected chi connectivity index (χ1v) is 6.50. The molecule has 0 saturated heterocycles. The number of hydrogen-bond donors (Lipinski definition) is 2. The number of rotatable bonds is 6. The Kier molecular flexibility index (Phi) is 3.82. The smallest absolute Gasteiger partial charge is 0.288 e. The van der Waals surface area contributed by atoms with Crippen LogP contribution in [0.4, 0.5) is 11.5 Å². The summed E-state index contributed by atoms with van der Waals surface area (Å²) in [4.78, 5) is 14.1. The third-order valence-electron chi connectivity index (χ3n) is 3.27. The van der Waals surface area contributed by atoms with Gasteiger partial charge in [-0.3, -0.25) is 10.1 Å². The van der Waals surface area contributed by atoms with Gasteiger partial charge in [0.25, 0.3) is 5.69 Å². The lowest BCUT2D eigenvalue weighted by molar-refractivity contribution is -0.385. The van der Waals surface area contributed by atoms with Crippen LogP contribution in [0.3, 0.4) is 0 Å². The monoisotopic (exact) mass is 315 g/mol. The molecule has 0 bridgehead atoms. The number of aliphatic hydroxyl groups excluding tert-OH is 1. The molecule has 1 aliphatic carbocycles. The molecule has 1 heterocycles. The predicted molar refractivity (Wildman–Crippen MR) is 70.5 cm³/mol. The van der Waals surface area contributed by atoms with E-state index in [1.54, 1.807) is 0 Å². The summed E-state index contributed by atoms with van der Waals surface area (Å²) >= 11 is 3.26. The fourth-order valence-electron chi connectivity index (χ4n) is 1.86. The minimum atomic E-state index is -0.477. The molecule has 0 aliphatic heterocycles. The molecule has 0 unspecified atom stereocenters. The molecule has 18 heavy (non-hydrogen) atoms. The topological polar surface area (TPSA) is 88.3 Å². The molecule has 98 valence electrons. The molecule has 1 saturated carbocycles. The van der Waals surface area contributed by atoms with Gasteiger partial charge in [0.15, 0.2) is 0 Å². The normalized spacial score (nSPS) is 16.3. The first kappa shape index (κ1) is 13.2. The summed E-state index contributed by atoms with van der Waals surface area (Å²) in [7, 11) is 0. The number of nitro groups is 1. The molecule has 0 radical (unpaired) electrons. The van der Waals surface area contributed by atoms with E-state index in [1.165, 1.54) is 12.3 Å². The Balaban J connectivity index is 2.00. The molecular weight excluding hydrogens is 302 g/mol. The summed E-state index contributed by atoms with van der Waals surface area (Å²) in [5, 5.41) is 22.7. The second kappa shape index (κ2) is 5.19. The number of pyridine rings is 1. The first-order chi connectivity index (χ1) is 8.56. The zero-order chi connectivity index (χ0) is 13.2. The van der Waals surface area contributed by atoms with Gasteiger partial charge >= 0.3 is 0 Å². The summed E-state index contributed by atoms with van der Waals surface area (Å²) in [5.74, 6) is 0.602. The molecular formula is C11H14BrN3O3. The zero-order valence-electron chi connectivity index (χ0n) is 9.73. The van der Waals surface area contributed by atoms with Crippen molar-refractivity contribution in [3.05, 3.63) is 26.9 Å². The molecule has 0 atom stereocenters. The van der Waals surface area contributed by atoms with E-state index < -0.39 is 4.92 Å². The first-order valence-electron chi connectivity index (χ1n) is 5.71. The van der Waals surface area contributed by atoms with Gasteiger partial charge in [-0.2, -0.15) is 0 Å². The Hall–Kier alpha value is -1.21. The molecule has 1 aromatic heterocycles. The Morgan fingerprint density at radius 2 is 2.33 bits per heavy atom. The summed E-state index contributed by atoms with van der Waals surface area (Å²) in [5.41, 5.74) is 0.140. The third kappa shape index (κ3) is 2.97. The van der Waals surface area contributed by atoms with Crippen LogP contribution in [0.1, 0.15) is 19.3 Å². The zero-order valence-corrected chi connectivity index (χ0v) is 11.3. The summed E-state index contributed by atoms with van der Waals surface area (Å²) in [6, 6.07) is 1.43. The lowest BCUT2D eigenvalue weighted by atomic mass is 10.0. The van der Waals surface area contributed by atoms with Gasteiger partial charge in [-0.05, 0) is 40.6 Å². The average Bonchev–Trinajstić information content (AvgIpc) is 3.08. The number of hydrogen-bond acceptors (Lipinski definition) is 5. The Bertz CT molecular complexity index is 463. The van der Waals surface area contributed by atoms with E-state index in [-0.39, 0.29) is 17.7 Å². The van der Waals surface area contributed by atoms with Crippen molar-refractivity contribution in [1.29, 1.82) is 0 Å². The van der Waals surface area contributed by atoms with Gasteiger partial charge in [0, 0.05) is 19.2 Å². The molecule has 0 amide bonds. The third-order valence-corrected chi connectivity index (χ3v) is 3.87. The Morgan fingerprint density at radius 1 is 1.61 bits per heavy atom. The van der Waals surface area contributed by atoms with Crippen LogP contribution in [0.25, 0.3) is 0 Å². The van der Waals surface area contributed by atoms with Gasteiger partial charge < -0.3 is 10.4 Å². The number of aliphatic hydroxyl groups is 1. The van der Waals surface area contributed by atoms with E-state index in [1.807, 2.05) is 0 Å². The molecule has 6 nitrogen and oxygen atoms in total. The van der Waals surface area contributed by atoms with Crippen LogP contribution in [-0.4, -0.2) is 28.2 Å². The maximum absolute atomic E-state index is 10.6. The fraction of sp³-hybridized carbons (Fsp3) is 0.545. The number of nitrogens with one attached hydrogen (secondary N) is 1. The van der Waals surface area contributed by atoms with Crippen LogP contribution >= 0.6 is 15.9 Å². The number of aromatic nitrogens is 1. The SMILES string of the molecule is O=[N+]([O-])c1cnc(NCC2(CCO)CC2)c(Br)c1. The van der Waals surface area contributed by atoms with E-state index in [9.17, 15) is 10.1 Å². The molecule has 2 N–H and O–H groups in total. The van der Waals surface area contributed by atoms with Crippen molar-refractivity contribution in [2.24, 2.45) is 5.41 Å². The van der Waals surface area contributed by atoms with Gasteiger partial charge in [0.1, 0.15) is 12.0 Å². The Morgan fingerprint density at radius 3 is 2.83 bits per heavy atom. The molecule has 1 fully saturated rings. The van der Waals surface area contributed by atoms with Gasteiger partial charge in [-0.25, -0.2) is 4.98 Å². The quantitative estimate of drug-likeness (QED) is 0.621. The van der Waals surface area contributed by atoms with E-state index in [4.69, 9.17) is 5.11 Å². The highest BCUT2D eigenvalue weighted by Crippen LogP contribution is 2.48. The largest absolute Gasteiger partial charge is 0.396 e. The highest BCUT2D eigenvalue weighted by atomic mass is 79.9. The van der Waals surface area contributed by atoms with Crippen LogP contribution in [0, 0.1) is 15.5 Å². The average molecular weight is 316 g/mol. The van der Waals surface area contributed by atoms with E-state index in [0.717, 1.165) is 25.8 Å². The molecule has 1 aliphatic rings. The minimum absolute atomic E-state index is 0.0380. The Labute approximate surface area is 113 Å². The predicted octanol–water partition coefficient (Wildman–Crippen LogP) is 2.33. The van der Waals surface area contributed by atoms with Crippen LogP contribution in [0.2, 0.25) is 0 Å². The summed E-state index contributed by atoms with van der Waals surface area (Å²) in [6.45, 7) is 0.924. The summed E-state index contributed by atoms with van der Waals surface area (Å²) < 4.78 is 0.580.